The van der Waals surface area contributed by atoms with Crippen LogP contribution in [0.15, 0.2) is 24.7 Å². The van der Waals surface area contributed by atoms with Gasteiger partial charge in [0.05, 0.1) is 12.5 Å². The van der Waals surface area contributed by atoms with Gasteiger partial charge in [-0.05, 0) is 13.8 Å². The Labute approximate surface area is 58.2 Å². The normalized spacial score (nSPS) is 12.2. The van der Waals surface area contributed by atoms with Crippen LogP contribution in [0.25, 0.3) is 0 Å². The second-order valence-electron chi connectivity index (χ2n) is 1.39. The molecule has 0 atom stereocenters. The molecule has 0 spiro atoms. The Morgan fingerprint density at radius 2 is 1.44 bits per heavy atom. The van der Waals surface area contributed by atoms with Crippen molar-refractivity contribution in [3.05, 3.63) is 24.7 Å². The van der Waals surface area contributed by atoms with Gasteiger partial charge in [-0.2, -0.15) is 0 Å². The molecule has 0 N–H and O–H groups in total. The first kappa shape index (κ1) is 8.30. The van der Waals surface area contributed by atoms with Crippen molar-refractivity contribution in [1.82, 2.24) is 0 Å². The minimum Gasteiger partial charge on any atom is -0.523 e. The summed E-state index contributed by atoms with van der Waals surface area (Å²) in [5.41, 5.74) is 0. The summed E-state index contributed by atoms with van der Waals surface area (Å²) in [6, 6.07) is 0. The van der Waals surface area contributed by atoms with Crippen LogP contribution in [0, 0.1) is 0 Å². The van der Waals surface area contributed by atoms with Crippen LogP contribution in [0.3, 0.4) is 0 Å². The van der Waals surface area contributed by atoms with Crippen molar-refractivity contribution in [3.63, 3.8) is 0 Å². The van der Waals surface area contributed by atoms with Gasteiger partial charge in [-0.1, -0.05) is 12.2 Å². The zero-order valence-corrected chi connectivity index (χ0v) is 7.25. The molecule has 0 bridgehead atoms. The molecule has 0 rings (SSSR count). The first-order valence-corrected chi connectivity index (χ1v) is 4.02. The lowest BCUT2D eigenvalue weighted by Crippen LogP contribution is -1.93. The van der Waals surface area contributed by atoms with Crippen LogP contribution in [-0.4, -0.2) is 10.0 Å². The molecular weight excluding hydrogens is 132 g/mol. The van der Waals surface area contributed by atoms with Crippen molar-refractivity contribution in [2.24, 2.45) is 0 Å². The lowest BCUT2D eigenvalue weighted by molar-refractivity contribution is 0.375. The molecule has 0 fully saturated rings. The van der Waals surface area contributed by atoms with Gasteiger partial charge >= 0.3 is 10.0 Å². The lowest BCUT2D eigenvalue weighted by atomic mass is 10.8. The number of allylic oxidation sites excluding steroid dienone is 2. The third-order valence-corrected chi connectivity index (χ3v) is 1.26. The first-order chi connectivity index (χ1) is 4.41. The molecule has 0 unspecified atom stereocenters. The zero-order chi connectivity index (χ0) is 6.95. The fourth-order valence-corrected chi connectivity index (χ4v) is 0.931. The topological polar surface area (TPSA) is 18.5 Å². The molecule has 0 aliphatic heterocycles. The molecule has 0 aliphatic carbocycles. The molecular formula is C6H12O2Si. The van der Waals surface area contributed by atoms with Crippen LogP contribution in [0.2, 0.25) is 0 Å². The van der Waals surface area contributed by atoms with Crippen LogP contribution < -0.4 is 0 Å². The summed E-state index contributed by atoms with van der Waals surface area (Å²) in [6.07, 6.45) is 6.98. The fraction of sp³-hybridized carbons (Fsp3) is 0.333. The fourth-order valence-electron chi connectivity index (χ4n) is 0.310. The summed E-state index contributed by atoms with van der Waals surface area (Å²) in [4.78, 5) is 0. The van der Waals surface area contributed by atoms with Crippen LogP contribution in [0.4, 0.5) is 0 Å². The van der Waals surface area contributed by atoms with E-state index in [1.54, 1.807) is 12.5 Å². The van der Waals surface area contributed by atoms with Gasteiger partial charge in [0.1, 0.15) is 0 Å². The lowest BCUT2D eigenvalue weighted by Gasteiger charge is -1.96. The monoisotopic (exact) mass is 144 g/mol. The molecule has 3 heteroatoms. The molecule has 0 saturated heterocycles. The summed E-state index contributed by atoms with van der Waals surface area (Å²) in [5, 5.41) is 0. The molecule has 0 saturated carbocycles. The van der Waals surface area contributed by atoms with Crippen molar-refractivity contribution >= 4 is 10.0 Å². The van der Waals surface area contributed by atoms with Gasteiger partial charge < -0.3 is 8.85 Å². The predicted molar refractivity (Wildman–Crippen MR) is 40.3 cm³/mol. The van der Waals surface area contributed by atoms with E-state index in [1.807, 2.05) is 26.0 Å². The third kappa shape index (κ3) is 7.30. The summed E-state index contributed by atoms with van der Waals surface area (Å²) >= 11 is 0. The van der Waals surface area contributed by atoms with Gasteiger partial charge in [0, 0.05) is 0 Å². The van der Waals surface area contributed by atoms with E-state index in [2.05, 4.69) is 0 Å². The van der Waals surface area contributed by atoms with Gasteiger partial charge in [0.15, 0.2) is 0 Å². The van der Waals surface area contributed by atoms with Crippen molar-refractivity contribution in [2.75, 3.05) is 0 Å². The third-order valence-electron chi connectivity index (χ3n) is 0.601. The van der Waals surface area contributed by atoms with E-state index < -0.39 is 10.0 Å². The minimum absolute atomic E-state index is 0.784. The minimum atomic E-state index is -0.784. The Hall–Kier alpha value is -0.703. The van der Waals surface area contributed by atoms with Crippen molar-refractivity contribution in [3.8, 4) is 0 Å². The Balaban J connectivity index is 2.91. The second kappa shape index (κ2) is 7.30. The van der Waals surface area contributed by atoms with Crippen LogP contribution in [0.1, 0.15) is 13.8 Å². The van der Waals surface area contributed by atoms with E-state index in [0.29, 0.717) is 0 Å². The molecule has 0 heterocycles. The molecule has 0 aromatic heterocycles. The highest BCUT2D eigenvalue weighted by atomic mass is 28.3. The predicted octanol–water partition coefficient (Wildman–Crippen LogP) is 1.09. The molecule has 0 aromatic carbocycles. The van der Waals surface area contributed by atoms with Crippen molar-refractivity contribution < 1.29 is 8.85 Å². The van der Waals surface area contributed by atoms with E-state index >= 15 is 0 Å². The zero-order valence-electron chi connectivity index (χ0n) is 5.83. The number of hydrogen-bond donors (Lipinski definition) is 0. The van der Waals surface area contributed by atoms with E-state index in [-0.39, 0.29) is 0 Å². The average Bonchev–Trinajstić information content (AvgIpc) is 1.89. The van der Waals surface area contributed by atoms with Gasteiger partial charge in [-0.25, -0.2) is 0 Å². The SMILES string of the molecule is CC=CO[SiH2]OC=CC. The summed E-state index contributed by atoms with van der Waals surface area (Å²) < 4.78 is 9.94. The molecule has 0 amide bonds. The van der Waals surface area contributed by atoms with Gasteiger partial charge in [-0.3, -0.25) is 0 Å². The molecule has 0 radical (unpaired) electrons. The van der Waals surface area contributed by atoms with Crippen LogP contribution in [0.5, 0.6) is 0 Å². The van der Waals surface area contributed by atoms with E-state index in [9.17, 15) is 0 Å². The molecule has 0 aromatic rings. The van der Waals surface area contributed by atoms with E-state index in [4.69, 9.17) is 8.85 Å². The van der Waals surface area contributed by atoms with Gasteiger partial charge in [0.25, 0.3) is 0 Å². The maximum absolute atomic E-state index is 4.97. The second-order valence-corrected chi connectivity index (χ2v) is 2.29. The molecule has 9 heavy (non-hydrogen) atoms. The number of hydrogen-bond acceptors (Lipinski definition) is 2. The maximum Gasteiger partial charge on any atom is 0.426 e. The molecule has 52 valence electrons. The van der Waals surface area contributed by atoms with Gasteiger partial charge in [0.2, 0.25) is 0 Å². The highest BCUT2D eigenvalue weighted by Gasteiger charge is 1.76. The maximum atomic E-state index is 4.97. The summed E-state index contributed by atoms with van der Waals surface area (Å²) in [5.74, 6) is 0. The largest absolute Gasteiger partial charge is 0.523 e. The van der Waals surface area contributed by atoms with E-state index in [1.165, 1.54) is 0 Å². The Morgan fingerprint density at radius 3 is 1.78 bits per heavy atom. The highest BCUT2D eigenvalue weighted by Crippen LogP contribution is 1.77. The van der Waals surface area contributed by atoms with Gasteiger partial charge in [-0.15, -0.1) is 0 Å². The summed E-state index contributed by atoms with van der Waals surface area (Å²) in [7, 11) is -0.784. The highest BCUT2D eigenvalue weighted by molar-refractivity contribution is 6.18. The van der Waals surface area contributed by atoms with Crippen LogP contribution >= 0.6 is 0 Å². The molecule has 2 nitrogen and oxygen atoms in total. The smallest absolute Gasteiger partial charge is 0.426 e. The summed E-state index contributed by atoms with van der Waals surface area (Å²) in [6.45, 7) is 3.81. The van der Waals surface area contributed by atoms with Crippen molar-refractivity contribution in [2.45, 2.75) is 13.8 Å². The molecule has 0 aliphatic rings. The van der Waals surface area contributed by atoms with E-state index in [0.717, 1.165) is 0 Å². The van der Waals surface area contributed by atoms with Crippen molar-refractivity contribution in [1.29, 1.82) is 0 Å². The average molecular weight is 144 g/mol. The van der Waals surface area contributed by atoms with Crippen LogP contribution in [-0.2, 0) is 8.85 Å². The standard InChI is InChI=1S/C6H12O2Si/c1-3-5-7-9-8-6-4-2/h3-6H,9H2,1-2H3. The Kier molecular flexibility index (Phi) is 6.73. The number of rotatable bonds is 4. The Morgan fingerprint density at radius 1 is 1.00 bits per heavy atom. The Bertz CT molecular complexity index is 87.2. The quantitative estimate of drug-likeness (QED) is 0.334. The first-order valence-electron chi connectivity index (χ1n) is 2.87.